The van der Waals surface area contributed by atoms with Gasteiger partial charge in [-0.2, -0.15) is 4.31 Å². The first-order valence-corrected chi connectivity index (χ1v) is 15.1. The van der Waals surface area contributed by atoms with Crippen LogP contribution in [0.3, 0.4) is 0 Å². The minimum absolute atomic E-state index is 0.146. The molecule has 2 aliphatic rings. The molecule has 2 aromatic rings. The summed E-state index contributed by atoms with van der Waals surface area (Å²) in [5.41, 5.74) is 5.41. The molecule has 37 heavy (non-hydrogen) atoms. The van der Waals surface area contributed by atoms with E-state index in [1.807, 2.05) is 46.8 Å². The smallest absolute Gasteiger partial charge is 0.312 e. The first kappa shape index (κ1) is 28.1. The number of hydrogen-bond acceptors (Lipinski definition) is 4. The number of halogens is 2. The maximum absolute atomic E-state index is 13.7. The third-order valence-electron chi connectivity index (χ3n) is 8.07. The second kappa shape index (κ2) is 10.7. The Hall–Kier alpha value is -1.94. The first-order valence-electron chi connectivity index (χ1n) is 12.5. The van der Waals surface area contributed by atoms with Gasteiger partial charge >= 0.3 is 11.8 Å². The van der Waals surface area contributed by atoms with Crippen LogP contribution in [0, 0.1) is 34.6 Å². The first-order chi connectivity index (χ1) is 17.4. The molecule has 0 radical (unpaired) electrons. The largest absolute Gasteiger partial charge is 0.332 e. The van der Waals surface area contributed by atoms with Gasteiger partial charge in [-0.05, 0) is 99.0 Å². The summed E-state index contributed by atoms with van der Waals surface area (Å²) in [6.07, 6.45) is 1.52. The fourth-order valence-electron chi connectivity index (χ4n) is 5.47. The molecule has 4 rings (SSSR count). The summed E-state index contributed by atoms with van der Waals surface area (Å²) in [5.74, 6) is -1.16. The maximum Gasteiger partial charge on any atom is 0.312 e. The van der Waals surface area contributed by atoms with E-state index < -0.39 is 21.8 Å². The Morgan fingerprint density at radius 1 is 0.865 bits per heavy atom. The van der Waals surface area contributed by atoms with Gasteiger partial charge in [-0.15, -0.1) is 0 Å². The minimum Gasteiger partial charge on any atom is -0.332 e. The van der Waals surface area contributed by atoms with Crippen molar-refractivity contribution in [3.8, 4) is 0 Å². The SMILES string of the molecule is Cc1c(C)c(C)c(S(=O)(=O)N2CCN(C(=O)C(=O)N3CCCC3c3cc(Br)ccc3Cl)CC2)c(C)c1C. The van der Waals surface area contributed by atoms with Gasteiger partial charge < -0.3 is 9.80 Å². The molecule has 0 aromatic heterocycles. The zero-order chi connectivity index (χ0) is 27.2. The van der Waals surface area contributed by atoms with E-state index >= 15 is 0 Å². The molecule has 2 heterocycles. The minimum atomic E-state index is -3.74. The molecule has 2 aliphatic heterocycles. The van der Waals surface area contributed by atoms with Gasteiger partial charge in [-0.25, -0.2) is 8.42 Å². The van der Waals surface area contributed by atoms with E-state index in [0.717, 1.165) is 50.7 Å². The molecule has 1 unspecified atom stereocenters. The van der Waals surface area contributed by atoms with Crippen LogP contribution in [0.1, 0.15) is 52.3 Å². The van der Waals surface area contributed by atoms with Crippen molar-refractivity contribution >= 4 is 49.4 Å². The highest BCUT2D eigenvalue weighted by Crippen LogP contribution is 2.37. The van der Waals surface area contributed by atoms with Gasteiger partial charge in [0.25, 0.3) is 0 Å². The van der Waals surface area contributed by atoms with Gasteiger partial charge in [0.2, 0.25) is 10.0 Å². The van der Waals surface area contributed by atoms with Gasteiger partial charge in [-0.1, -0.05) is 27.5 Å². The van der Waals surface area contributed by atoms with Crippen molar-refractivity contribution in [3.63, 3.8) is 0 Å². The lowest BCUT2D eigenvalue weighted by molar-refractivity contribution is -0.153. The quantitative estimate of drug-likeness (QED) is 0.466. The summed E-state index contributed by atoms with van der Waals surface area (Å²) >= 11 is 9.88. The van der Waals surface area contributed by atoms with Gasteiger partial charge in [0.05, 0.1) is 10.9 Å². The summed E-state index contributed by atoms with van der Waals surface area (Å²) in [5, 5.41) is 0.561. The number of nitrogens with zero attached hydrogens (tertiary/aromatic N) is 3. The van der Waals surface area contributed by atoms with E-state index in [-0.39, 0.29) is 32.2 Å². The summed E-state index contributed by atoms with van der Waals surface area (Å²) in [6.45, 7) is 10.7. The van der Waals surface area contributed by atoms with E-state index in [4.69, 9.17) is 11.6 Å². The Labute approximate surface area is 232 Å². The summed E-state index contributed by atoms with van der Waals surface area (Å²) < 4.78 is 29.6. The van der Waals surface area contributed by atoms with Crippen LogP contribution in [-0.4, -0.2) is 67.1 Å². The fraction of sp³-hybridized carbons (Fsp3) is 0.481. The average Bonchev–Trinajstić information content (AvgIpc) is 3.36. The van der Waals surface area contributed by atoms with Crippen molar-refractivity contribution in [2.75, 3.05) is 32.7 Å². The number of rotatable bonds is 3. The highest BCUT2D eigenvalue weighted by Gasteiger charge is 2.39. The summed E-state index contributed by atoms with van der Waals surface area (Å²) in [7, 11) is -3.74. The molecule has 10 heteroatoms. The van der Waals surface area contributed by atoms with Crippen molar-refractivity contribution in [1.29, 1.82) is 0 Å². The normalized spacial score (nSPS) is 18.9. The van der Waals surface area contributed by atoms with E-state index in [9.17, 15) is 18.0 Å². The fourth-order valence-corrected chi connectivity index (χ4v) is 8.08. The lowest BCUT2D eigenvalue weighted by atomic mass is 9.95. The number of benzene rings is 2. The van der Waals surface area contributed by atoms with Gasteiger partial charge in [0, 0.05) is 42.2 Å². The van der Waals surface area contributed by atoms with Crippen molar-refractivity contribution in [2.24, 2.45) is 0 Å². The number of carbonyl (C=O) groups is 2. The van der Waals surface area contributed by atoms with E-state index in [1.54, 1.807) is 11.0 Å². The molecule has 200 valence electrons. The molecule has 0 aliphatic carbocycles. The van der Waals surface area contributed by atoms with Crippen molar-refractivity contribution in [3.05, 3.63) is 61.1 Å². The number of likely N-dealkylation sites (tertiary alicyclic amines) is 1. The van der Waals surface area contributed by atoms with Crippen molar-refractivity contribution in [1.82, 2.24) is 14.1 Å². The lowest BCUT2D eigenvalue weighted by Crippen LogP contribution is -2.54. The van der Waals surface area contributed by atoms with Crippen molar-refractivity contribution in [2.45, 2.75) is 58.4 Å². The van der Waals surface area contributed by atoms with Crippen LogP contribution >= 0.6 is 27.5 Å². The number of carbonyl (C=O) groups excluding carboxylic acids is 2. The monoisotopic (exact) mass is 609 g/mol. The number of hydrogen-bond donors (Lipinski definition) is 0. The molecule has 2 amide bonds. The van der Waals surface area contributed by atoms with Crippen LogP contribution < -0.4 is 0 Å². The second-order valence-corrected chi connectivity index (χ2v) is 13.2. The summed E-state index contributed by atoms with van der Waals surface area (Å²) in [4.78, 5) is 29.9. The molecular weight excluding hydrogens is 578 g/mol. The number of piperazine rings is 1. The molecule has 2 fully saturated rings. The Kier molecular flexibility index (Phi) is 8.10. The van der Waals surface area contributed by atoms with Crippen LogP contribution in [0.25, 0.3) is 0 Å². The predicted molar refractivity (Wildman–Crippen MR) is 148 cm³/mol. The lowest BCUT2D eigenvalue weighted by Gasteiger charge is -2.35. The zero-order valence-electron chi connectivity index (χ0n) is 21.9. The Balaban J connectivity index is 1.49. The standard InChI is InChI=1S/C27H33BrClN3O4S/c1-16-17(2)19(4)25(20(5)18(16)3)37(35,36)31-13-11-30(12-14-31)26(33)27(34)32-10-6-7-24(32)22-15-21(28)8-9-23(22)29/h8-9,15,24H,6-7,10-14H2,1-5H3. The highest BCUT2D eigenvalue weighted by atomic mass is 79.9. The van der Waals surface area contributed by atoms with Crippen LogP contribution in [0.4, 0.5) is 0 Å². The molecule has 0 bridgehead atoms. The number of amides is 2. The molecule has 0 N–H and O–H groups in total. The van der Waals surface area contributed by atoms with Crippen LogP contribution in [0.15, 0.2) is 27.6 Å². The third kappa shape index (κ3) is 5.07. The maximum atomic E-state index is 13.7. The second-order valence-electron chi connectivity index (χ2n) is 9.97. The average molecular weight is 611 g/mol. The van der Waals surface area contributed by atoms with Crippen LogP contribution in [-0.2, 0) is 19.6 Å². The molecule has 2 aromatic carbocycles. The van der Waals surface area contributed by atoms with Crippen LogP contribution in [0.2, 0.25) is 5.02 Å². The van der Waals surface area contributed by atoms with Crippen LogP contribution in [0.5, 0.6) is 0 Å². The Bertz CT molecular complexity index is 1340. The van der Waals surface area contributed by atoms with E-state index in [0.29, 0.717) is 16.5 Å². The Morgan fingerprint density at radius 2 is 1.43 bits per heavy atom. The number of sulfonamides is 1. The van der Waals surface area contributed by atoms with Gasteiger partial charge in [0.1, 0.15) is 0 Å². The molecule has 2 saturated heterocycles. The molecule has 1 atom stereocenters. The molecule has 0 saturated carbocycles. The third-order valence-corrected chi connectivity index (χ3v) is 11.1. The molecule has 7 nitrogen and oxygen atoms in total. The van der Waals surface area contributed by atoms with Gasteiger partial charge in [-0.3, -0.25) is 9.59 Å². The summed E-state index contributed by atoms with van der Waals surface area (Å²) in [6, 6.07) is 5.25. The van der Waals surface area contributed by atoms with E-state index in [1.165, 1.54) is 9.21 Å². The molecular formula is C27H33BrClN3O4S. The highest BCUT2D eigenvalue weighted by molar-refractivity contribution is 9.10. The van der Waals surface area contributed by atoms with E-state index in [2.05, 4.69) is 15.9 Å². The predicted octanol–water partition coefficient (Wildman–Crippen LogP) is 4.84. The van der Waals surface area contributed by atoms with Crippen molar-refractivity contribution < 1.29 is 18.0 Å². The van der Waals surface area contributed by atoms with Gasteiger partial charge in [0.15, 0.2) is 0 Å². The zero-order valence-corrected chi connectivity index (χ0v) is 25.1. The Morgan fingerprint density at radius 3 is 2.03 bits per heavy atom. The molecule has 0 spiro atoms. The topological polar surface area (TPSA) is 78.0 Å².